The molecule has 1 aliphatic rings. The van der Waals surface area contributed by atoms with Crippen LogP contribution in [0.3, 0.4) is 0 Å². The molecule has 18 heavy (non-hydrogen) atoms. The summed E-state index contributed by atoms with van der Waals surface area (Å²) in [6.07, 6.45) is 2.83. The van der Waals surface area contributed by atoms with Gasteiger partial charge in [0, 0.05) is 6.07 Å². The summed E-state index contributed by atoms with van der Waals surface area (Å²) in [5.74, 6) is -3.91. The van der Waals surface area contributed by atoms with Gasteiger partial charge in [-0.3, -0.25) is 0 Å². The fourth-order valence-electron chi connectivity index (χ4n) is 2.10. The van der Waals surface area contributed by atoms with Crippen molar-refractivity contribution in [3.05, 3.63) is 23.3 Å². The highest BCUT2D eigenvalue weighted by molar-refractivity contribution is 5.93. The van der Waals surface area contributed by atoms with Crippen LogP contribution in [0.4, 0.5) is 8.78 Å². The Hall–Kier alpha value is -2.05. The van der Waals surface area contributed by atoms with Crippen molar-refractivity contribution in [2.24, 2.45) is 0 Å². The van der Waals surface area contributed by atoms with E-state index in [-0.39, 0.29) is 17.1 Å². The average Bonchev–Trinajstić information content (AvgIpc) is 2.59. The van der Waals surface area contributed by atoms with Crippen molar-refractivity contribution in [1.82, 2.24) is 15.0 Å². The van der Waals surface area contributed by atoms with Crippen molar-refractivity contribution >= 4 is 17.0 Å². The molecule has 0 bridgehead atoms. The fraction of sp³-hybridized carbons (Fsp3) is 0.364. The number of benzene rings is 1. The molecule has 0 spiro atoms. The molecule has 7 heteroatoms. The quantitative estimate of drug-likeness (QED) is 0.890. The van der Waals surface area contributed by atoms with Crippen LogP contribution in [0.25, 0.3) is 11.0 Å². The normalized spacial score (nSPS) is 15.9. The molecule has 5 nitrogen and oxygen atoms in total. The van der Waals surface area contributed by atoms with Gasteiger partial charge in [-0.25, -0.2) is 18.3 Å². The van der Waals surface area contributed by atoms with Crippen LogP contribution < -0.4 is 0 Å². The van der Waals surface area contributed by atoms with Crippen LogP contribution in [0.2, 0.25) is 0 Å². The third kappa shape index (κ3) is 1.40. The molecule has 1 fully saturated rings. The minimum atomic E-state index is -1.65. The largest absolute Gasteiger partial charge is 0.477 e. The zero-order chi connectivity index (χ0) is 12.9. The van der Waals surface area contributed by atoms with E-state index in [4.69, 9.17) is 5.11 Å². The summed E-state index contributed by atoms with van der Waals surface area (Å²) in [5.41, 5.74) is -0.969. The van der Waals surface area contributed by atoms with Gasteiger partial charge in [-0.05, 0) is 19.3 Å². The van der Waals surface area contributed by atoms with Crippen LogP contribution in [-0.4, -0.2) is 26.1 Å². The standard InChI is InChI=1S/C11H9F2N3O2/c12-6-4-7-10(9(13)8(6)11(17)18)14-15-16(7)5-2-1-3-5/h4-5H,1-3H2,(H,17,18). The molecule has 1 heterocycles. The number of hydrogen-bond donors (Lipinski definition) is 1. The van der Waals surface area contributed by atoms with Gasteiger partial charge in [0.2, 0.25) is 0 Å². The highest BCUT2D eigenvalue weighted by Crippen LogP contribution is 2.34. The Bertz CT molecular complexity index is 649. The molecule has 1 saturated carbocycles. The molecular weight excluding hydrogens is 244 g/mol. The molecule has 1 aromatic carbocycles. The third-order valence-electron chi connectivity index (χ3n) is 3.29. The van der Waals surface area contributed by atoms with E-state index in [9.17, 15) is 13.6 Å². The number of halogens is 2. The molecule has 0 aliphatic heterocycles. The number of carbonyl (C=O) groups is 1. The first-order chi connectivity index (χ1) is 8.59. The lowest BCUT2D eigenvalue weighted by atomic mass is 9.93. The lowest BCUT2D eigenvalue weighted by Crippen LogP contribution is -2.18. The summed E-state index contributed by atoms with van der Waals surface area (Å²) < 4.78 is 28.9. The molecule has 1 aromatic heterocycles. The van der Waals surface area contributed by atoms with E-state index >= 15 is 0 Å². The van der Waals surface area contributed by atoms with Gasteiger partial charge < -0.3 is 5.11 Å². The number of nitrogens with zero attached hydrogens (tertiary/aromatic N) is 3. The van der Waals surface area contributed by atoms with E-state index in [0.29, 0.717) is 0 Å². The lowest BCUT2D eigenvalue weighted by molar-refractivity contribution is 0.0687. The van der Waals surface area contributed by atoms with Crippen LogP contribution in [-0.2, 0) is 0 Å². The van der Waals surface area contributed by atoms with Gasteiger partial charge >= 0.3 is 5.97 Å². The fourth-order valence-corrected chi connectivity index (χ4v) is 2.10. The zero-order valence-electron chi connectivity index (χ0n) is 9.23. The molecule has 2 aromatic rings. The first-order valence-corrected chi connectivity index (χ1v) is 5.55. The highest BCUT2D eigenvalue weighted by atomic mass is 19.1. The maximum absolute atomic E-state index is 13.8. The van der Waals surface area contributed by atoms with E-state index in [1.54, 1.807) is 0 Å². The SMILES string of the molecule is O=C(O)c1c(F)cc2c(nnn2C2CCC2)c1F. The Morgan fingerprint density at radius 1 is 1.44 bits per heavy atom. The molecule has 94 valence electrons. The van der Waals surface area contributed by atoms with Crippen molar-refractivity contribution < 1.29 is 18.7 Å². The average molecular weight is 253 g/mol. The van der Waals surface area contributed by atoms with Gasteiger partial charge in [-0.15, -0.1) is 5.10 Å². The van der Waals surface area contributed by atoms with E-state index in [1.165, 1.54) is 4.68 Å². The van der Waals surface area contributed by atoms with Crippen molar-refractivity contribution in [3.63, 3.8) is 0 Å². The van der Waals surface area contributed by atoms with Crippen molar-refractivity contribution in [2.75, 3.05) is 0 Å². The summed E-state index contributed by atoms with van der Waals surface area (Å²) in [6.45, 7) is 0. The second kappa shape index (κ2) is 3.72. The number of rotatable bonds is 2. The second-order valence-electron chi connectivity index (χ2n) is 4.34. The molecule has 0 saturated heterocycles. The minimum absolute atomic E-state index is 0.101. The summed E-state index contributed by atoms with van der Waals surface area (Å²) in [4.78, 5) is 10.8. The summed E-state index contributed by atoms with van der Waals surface area (Å²) in [7, 11) is 0. The molecular formula is C11H9F2N3O2. The number of hydrogen-bond acceptors (Lipinski definition) is 3. The maximum atomic E-state index is 13.8. The monoisotopic (exact) mass is 253 g/mol. The first kappa shape index (κ1) is 11.1. The molecule has 1 aliphatic carbocycles. The lowest BCUT2D eigenvalue weighted by Gasteiger charge is -2.25. The number of fused-ring (bicyclic) bond motifs is 1. The van der Waals surface area contributed by atoms with E-state index in [2.05, 4.69) is 10.3 Å². The van der Waals surface area contributed by atoms with Gasteiger partial charge in [-0.1, -0.05) is 5.21 Å². The number of carboxylic acid groups (broad SMARTS) is 1. The van der Waals surface area contributed by atoms with Gasteiger partial charge in [0.25, 0.3) is 0 Å². The van der Waals surface area contributed by atoms with Crippen LogP contribution in [0.1, 0.15) is 35.7 Å². The first-order valence-electron chi connectivity index (χ1n) is 5.55. The third-order valence-corrected chi connectivity index (χ3v) is 3.29. The predicted octanol–water partition coefficient (Wildman–Crippen LogP) is 2.13. The number of aromatic carboxylic acids is 1. The van der Waals surface area contributed by atoms with E-state index < -0.39 is 23.2 Å². The van der Waals surface area contributed by atoms with E-state index in [0.717, 1.165) is 25.3 Å². The van der Waals surface area contributed by atoms with Crippen LogP contribution in [0.5, 0.6) is 0 Å². The van der Waals surface area contributed by atoms with Crippen molar-refractivity contribution in [3.8, 4) is 0 Å². The van der Waals surface area contributed by atoms with Gasteiger partial charge in [0.05, 0.1) is 11.6 Å². The van der Waals surface area contributed by atoms with Crippen LogP contribution in [0.15, 0.2) is 6.07 Å². The molecule has 0 atom stereocenters. The second-order valence-corrected chi connectivity index (χ2v) is 4.34. The van der Waals surface area contributed by atoms with Crippen LogP contribution >= 0.6 is 0 Å². The Labute approximate surface area is 100 Å². The van der Waals surface area contributed by atoms with Crippen LogP contribution in [0, 0.1) is 11.6 Å². The summed E-state index contributed by atoms with van der Waals surface area (Å²) >= 11 is 0. The molecule has 0 radical (unpaired) electrons. The van der Waals surface area contributed by atoms with Crippen molar-refractivity contribution in [1.29, 1.82) is 0 Å². The molecule has 0 unspecified atom stereocenters. The maximum Gasteiger partial charge on any atom is 0.341 e. The highest BCUT2D eigenvalue weighted by Gasteiger charge is 2.27. The Morgan fingerprint density at radius 3 is 2.72 bits per heavy atom. The van der Waals surface area contributed by atoms with Gasteiger partial charge in [0.1, 0.15) is 16.9 Å². The van der Waals surface area contributed by atoms with Crippen molar-refractivity contribution in [2.45, 2.75) is 25.3 Å². The number of aromatic nitrogens is 3. The van der Waals surface area contributed by atoms with Gasteiger partial charge in [-0.2, -0.15) is 0 Å². The molecule has 3 rings (SSSR count). The molecule has 0 amide bonds. The Morgan fingerprint density at radius 2 is 2.17 bits per heavy atom. The number of carboxylic acids is 1. The topological polar surface area (TPSA) is 68.0 Å². The summed E-state index contributed by atoms with van der Waals surface area (Å²) in [6, 6.07) is 1.09. The predicted molar refractivity (Wildman–Crippen MR) is 57.3 cm³/mol. The molecule has 1 N–H and O–H groups in total. The Balaban J connectivity index is 2.25. The Kier molecular flexibility index (Phi) is 2.29. The van der Waals surface area contributed by atoms with Gasteiger partial charge in [0.15, 0.2) is 5.82 Å². The minimum Gasteiger partial charge on any atom is -0.477 e. The smallest absolute Gasteiger partial charge is 0.341 e. The van der Waals surface area contributed by atoms with E-state index in [1.807, 2.05) is 0 Å². The zero-order valence-corrected chi connectivity index (χ0v) is 9.23. The summed E-state index contributed by atoms with van der Waals surface area (Å²) in [5, 5.41) is 16.1.